The Morgan fingerprint density at radius 1 is 1.18 bits per heavy atom. The number of Topliss-reactive ketones (excluding diaryl/α,β-unsaturated/α-hetero) is 1. The fourth-order valence-electron chi connectivity index (χ4n) is 3.80. The summed E-state index contributed by atoms with van der Waals surface area (Å²) in [6, 6.07) is 7.83. The van der Waals surface area contributed by atoms with E-state index in [1.165, 1.54) is 51.4 Å². The predicted molar refractivity (Wildman–Crippen MR) is 94.5 cm³/mol. The van der Waals surface area contributed by atoms with Gasteiger partial charge in [0.25, 0.3) is 0 Å². The number of nitrogens with one attached hydrogen (secondary N) is 1. The lowest BCUT2D eigenvalue weighted by Gasteiger charge is -2.29. The van der Waals surface area contributed by atoms with Crippen LogP contribution in [0, 0.1) is 11.8 Å². The van der Waals surface area contributed by atoms with Crippen LogP contribution >= 0.6 is 0 Å². The van der Waals surface area contributed by atoms with Gasteiger partial charge in [0.15, 0.2) is 5.78 Å². The molecule has 22 heavy (non-hydrogen) atoms. The summed E-state index contributed by atoms with van der Waals surface area (Å²) in [5.41, 5.74) is 1.91. The van der Waals surface area contributed by atoms with Crippen molar-refractivity contribution in [1.82, 2.24) is 0 Å². The van der Waals surface area contributed by atoms with Crippen molar-refractivity contribution in [2.24, 2.45) is 11.8 Å². The molecule has 2 heteroatoms. The van der Waals surface area contributed by atoms with Crippen LogP contribution in [0.3, 0.4) is 0 Å². The van der Waals surface area contributed by atoms with E-state index in [4.69, 9.17) is 0 Å². The summed E-state index contributed by atoms with van der Waals surface area (Å²) >= 11 is 0. The summed E-state index contributed by atoms with van der Waals surface area (Å²) in [4.78, 5) is 11.3. The molecule has 2 nitrogen and oxygen atoms in total. The van der Waals surface area contributed by atoms with E-state index < -0.39 is 0 Å². The molecule has 0 saturated heterocycles. The monoisotopic (exact) mass is 301 g/mol. The normalized spacial score (nSPS) is 17.2. The third-order valence-corrected chi connectivity index (χ3v) is 5.21. The van der Waals surface area contributed by atoms with Gasteiger partial charge in [-0.1, -0.05) is 45.4 Å². The Hall–Kier alpha value is -1.31. The van der Waals surface area contributed by atoms with Gasteiger partial charge in [-0.15, -0.1) is 0 Å². The molecule has 0 spiro atoms. The first-order valence-corrected chi connectivity index (χ1v) is 9.05. The maximum atomic E-state index is 11.3. The quantitative estimate of drug-likeness (QED) is 0.494. The number of benzene rings is 1. The molecule has 0 aromatic heterocycles. The van der Waals surface area contributed by atoms with E-state index in [2.05, 4.69) is 12.2 Å². The summed E-state index contributed by atoms with van der Waals surface area (Å²) in [6.07, 6.45) is 11.2. The Balaban J connectivity index is 1.70. The largest absolute Gasteiger partial charge is 0.385 e. The zero-order valence-corrected chi connectivity index (χ0v) is 14.2. The van der Waals surface area contributed by atoms with Crippen LogP contribution in [0.1, 0.15) is 75.6 Å². The highest BCUT2D eigenvalue weighted by atomic mass is 16.1. The molecular weight excluding hydrogens is 270 g/mol. The Morgan fingerprint density at radius 2 is 1.86 bits per heavy atom. The second-order valence-electron chi connectivity index (χ2n) is 6.77. The topological polar surface area (TPSA) is 29.1 Å². The summed E-state index contributed by atoms with van der Waals surface area (Å²) in [6.45, 7) is 4.99. The van der Waals surface area contributed by atoms with Crippen molar-refractivity contribution in [1.29, 1.82) is 0 Å². The van der Waals surface area contributed by atoms with E-state index in [0.29, 0.717) is 0 Å². The van der Waals surface area contributed by atoms with E-state index in [9.17, 15) is 4.79 Å². The van der Waals surface area contributed by atoms with Gasteiger partial charge >= 0.3 is 0 Å². The third-order valence-electron chi connectivity index (χ3n) is 5.21. The molecule has 0 radical (unpaired) electrons. The van der Waals surface area contributed by atoms with E-state index in [1.54, 1.807) is 6.92 Å². The van der Waals surface area contributed by atoms with Gasteiger partial charge in [-0.2, -0.15) is 0 Å². The smallest absolute Gasteiger partial charge is 0.159 e. The highest BCUT2D eigenvalue weighted by Crippen LogP contribution is 2.34. The van der Waals surface area contributed by atoms with Gasteiger partial charge in [-0.25, -0.2) is 0 Å². The van der Waals surface area contributed by atoms with Gasteiger partial charge in [0.1, 0.15) is 0 Å². The van der Waals surface area contributed by atoms with E-state index >= 15 is 0 Å². The van der Waals surface area contributed by atoms with Crippen molar-refractivity contribution in [3.8, 4) is 0 Å². The van der Waals surface area contributed by atoms with Gasteiger partial charge in [-0.3, -0.25) is 4.79 Å². The first kappa shape index (κ1) is 17.1. The van der Waals surface area contributed by atoms with E-state index in [0.717, 1.165) is 29.6 Å². The summed E-state index contributed by atoms with van der Waals surface area (Å²) < 4.78 is 0. The number of hydrogen-bond donors (Lipinski definition) is 1. The molecule has 1 aromatic carbocycles. The van der Waals surface area contributed by atoms with Crippen molar-refractivity contribution in [3.63, 3.8) is 0 Å². The van der Waals surface area contributed by atoms with E-state index in [-0.39, 0.29) is 5.78 Å². The van der Waals surface area contributed by atoms with Crippen LogP contribution in [0.25, 0.3) is 0 Å². The van der Waals surface area contributed by atoms with Crippen molar-refractivity contribution in [2.75, 3.05) is 11.9 Å². The lowest BCUT2D eigenvalue weighted by molar-refractivity contribution is 0.101. The van der Waals surface area contributed by atoms with Crippen LogP contribution in [0.2, 0.25) is 0 Å². The predicted octanol–water partition coefficient (Wildman–Crippen LogP) is 5.69. The Morgan fingerprint density at radius 3 is 2.45 bits per heavy atom. The highest BCUT2D eigenvalue weighted by molar-refractivity contribution is 5.94. The Bertz CT molecular complexity index is 445. The van der Waals surface area contributed by atoms with Gasteiger partial charge in [0.05, 0.1) is 0 Å². The standard InChI is InChI=1S/C20H31NO/c1-3-17(19-8-5-4-6-9-19)10-7-15-21-20-13-11-18(12-14-20)16(2)22/h11-14,17,19,21H,3-10,15H2,1-2H3. The minimum absolute atomic E-state index is 0.129. The number of anilines is 1. The molecule has 1 N–H and O–H groups in total. The maximum Gasteiger partial charge on any atom is 0.159 e. The lowest BCUT2D eigenvalue weighted by atomic mass is 9.77. The number of carbonyl (C=O) groups excluding carboxylic acids is 1. The van der Waals surface area contributed by atoms with Crippen LogP contribution in [-0.4, -0.2) is 12.3 Å². The molecule has 1 atom stereocenters. The molecule has 0 amide bonds. The molecule has 1 fully saturated rings. The molecule has 1 aromatic rings. The number of ketones is 1. The molecule has 1 aliphatic carbocycles. The van der Waals surface area contributed by atoms with Crippen molar-refractivity contribution < 1.29 is 4.79 Å². The summed E-state index contributed by atoms with van der Waals surface area (Å²) in [5, 5.41) is 3.48. The first-order valence-electron chi connectivity index (χ1n) is 9.05. The summed E-state index contributed by atoms with van der Waals surface area (Å²) in [5.74, 6) is 2.03. The second kappa shape index (κ2) is 8.97. The number of rotatable bonds is 8. The van der Waals surface area contributed by atoms with Gasteiger partial charge in [-0.05, 0) is 55.9 Å². The fourth-order valence-corrected chi connectivity index (χ4v) is 3.80. The molecule has 0 aliphatic heterocycles. The SMILES string of the molecule is CCC(CCCNc1ccc(C(C)=O)cc1)C1CCCCC1. The van der Waals surface area contributed by atoms with Gasteiger partial charge in [0, 0.05) is 17.8 Å². The third kappa shape index (κ3) is 5.15. The number of hydrogen-bond acceptors (Lipinski definition) is 2. The van der Waals surface area contributed by atoms with Crippen LogP contribution < -0.4 is 5.32 Å². The average molecular weight is 301 g/mol. The van der Waals surface area contributed by atoms with Crippen molar-refractivity contribution in [2.45, 2.75) is 65.2 Å². The van der Waals surface area contributed by atoms with E-state index in [1.807, 2.05) is 24.3 Å². The zero-order chi connectivity index (χ0) is 15.8. The Kier molecular flexibility index (Phi) is 6.95. The molecule has 1 aliphatic rings. The highest BCUT2D eigenvalue weighted by Gasteiger charge is 2.21. The molecule has 1 saturated carbocycles. The minimum Gasteiger partial charge on any atom is -0.385 e. The van der Waals surface area contributed by atoms with Crippen LogP contribution in [0.4, 0.5) is 5.69 Å². The molecular formula is C20H31NO. The molecule has 1 unspecified atom stereocenters. The second-order valence-corrected chi connectivity index (χ2v) is 6.77. The first-order chi connectivity index (χ1) is 10.7. The minimum atomic E-state index is 0.129. The molecule has 2 rings (SSSR count). The summed E-state index contributed by atoms with van der Waals surface area (Å²) in [7, 11) is 0. The van der Waals surface area contributed by atoms with Crippen molar-refractivity contribution >= 4 is 11.5 Å². The number of carbonyl (C=O) groups is 1. The van der Waals surface area contributed by atoms with Crippen LogP contribution in [0.15, 0.2) is 24.3 Å². The van der Waals surface area contributed by atoms with Crippen LogP contribution in [-0.2, 0) is 0 Å². The zero-order valence-electron chi connectivity index (χ0n) is 14.2. The molecule has 122 valence electrons. The average Bonchev–Trinajstić information content (AvgIpc) is 2.56. The molecule has 0 bridgehead atoms. The Labute approximate surface area is 135 Å². The lowest BCUT2D eigenvalue weighted by Crippen LogP contribution is -2.18. The van der Waals surface area contributed by atoms with Gasteiger partial charge in [0.2, 0.25) is 0 Å². The molecule has 0 heterocycles. The maximum absolute atomic E-state index is 11.3. The van der Waals surface area contributed by atoms with Crippen molar-refractivity contribution in [3.05, 3.63) is 29.8 Å². The fraction of sp³-hybridized carbons (Fsp3) is 0.650. The van der Waals surface area contributed by atoms with Crippen LogP contribution in [0.5, 0.6) is 0 Å². The van der Waals surface area contributed by atoms with Gasteiger partial charge < -0.3 is 5.32 Å².